The van der Waals surface area contributed by atoms with Crippen LogP contribution in [0.4, 0.5) is 0 Å². The number of aliphatic imine (C=N–C) groups is 1. The number of aryl methyl sites for hydroxylation is 1. The summed E-state index contributed by atoms with van der Waals surface area (Å²) in [4.78, 5) is 7.33. The van der Waals surface area contributed by atoms with Crippen LogP contribution < -0.4 is 0 Å². The molecule has 3 aromatic rings. The number of fused-ring (bicyclic) bond motifs is 1. The minimum absolute atomic E-state index is 0.111. The van der Waals surface area contributed by atoms with E-state index < -0.39 is 0 Å². The van der Waals surface area contributed by atoms with Gasteiger partial charge in [-0.2, -0.15) is 0 Å². The summed E-state index contributed by atoms with van der Waals surface area (Å²) in [6, 6.07) is 13.7. The molecular formula is C17H15ClN2O. The molecule has 0 saturated heterocycles. The number of benzene rings is 2. The molecule has 1 heterocycles. The average molecular weight is 299 g/mol. The molecule has 0 spiro atoms. The van der Waals surface area contributed by atoms with Crippen LogP contribution in [0.5, 0.6) is 5.88 Å². The first-order chi connectivity index (χ1) is 10.1. The van der Waals surface area contributed by atoms with Gasteiger partial charge in [0.25, 0.3) is 0 Å². The van der Waals surface area contributed by atoms with Crippen molar-refractivity contribution in [1.29, 1.82) is 0 Å². The SMILES string of the molecule is Cc1cccc(CN=Cc2c(O)[nH]c3cc(Cl)ccc23)c1. The molecule has 0 aliphatic carbocycles. The lowest BCUT2D eigenvalue weighted by atomic mass is 10.1. The van der Waals surface area contributed by atoms with E-state index in [0.717, 1.165) is 16.5 Å². The van der Waals surface area contributed by atoms with Crippen molar-refractivity contribution in [2.24, 2.45) is 4.99 Å². The Morgan fingerprint density at radius 2 is 2.10 bits per heavy atom. The van der Waals surface area contributed by atoms with Crippen LogP contribution in [0.3, 0.4) is 0 Å². The molecule has 2 aromatic carbocycles. The Bertz CT molecular complexity index is 821. The van der Waals surface area contributed by atoms with Crippen LogP contribution in [0, 0.1) is 6.92 Å². The fourth-order valence-corrected chi connectivity index (χ4v) is 2.53. The molecular weight excluding hydrogens is 284 g/mol. The van der Waals surface area contributed by atoms with Crippen LogP contribution >= 0.6 is 11.6 Å². The van der Waals surface area contributed by atoms with Crippen molar-refractivity contribution in [3.8, 4) is 5.88 Å². The van der Waals surface area contributed by atoms with Gasteiger partial charge in [0.1, 0.15) is 0 Å². The lowest BCUT2D eigenvalue weighted by Gasteiger charge is -1.98. The summed E-state index contributed by atoms with van der Waals surface area (Å²) >= 11 is 5.94. The van der Waals surface area contributed by atoms with Crippen molar-refractivity contribution >= 4 is 28.7 Å². The first-order valence-electron chi connectivity index (χ1n) is 6.69. The summed E-state index contributed by atoms with van der Waals surface area (Å²) in [5.74, 6) is 0.111. The molecule has 0 unspecified atom stereocenters. The second-order valence-electron chi connectivity index (χ2n) is 5.04. The molecule has 0 amide bonds. The maximum Gasteiger partial charge on any atom is 0.198 e. The Morgan fingerprint density at radius 1 is 1.24 bits per heavy atom. The highest BCUT2D eigenvalue weighted by Gasteiger charge is 2.08. The summed E-state index contributed by atoms with van der Waals surface area (Å²) < 4.78 is 0. The van der Waals surface area contributed by atoms with Crippen molar-refractivity contribution in [3.63, 3.8) is 0 Å². The fourth-order valence-electron chi connectivity index (χ4n) is 2.36. The zero-order valence-corrected chi connectivity index (χ0v) is 12.4. The molecule has 0 bridgehead atoms. The van der Waals surface area contributed by atoms with Gasteiger partial charge < -0.3 is 10.1 Å². The number of nitrogens with one attached hydrogen (secondary N) is 1. The third-order valence-corrected chi connectivity index (χ3v) is 3.59. The van der Waals surface area contributed by atoms with Crippen molar-refractivity contribution in [2.45, 2.75) is 13.5 Å². The van der Waals surface area contributed by atoms with Gasteiger partial charge in [-0.25, -0.2) is 0 Å². The zero-order valence-electron chi connectivity index (χ0n) is 11.6. The number of halogens is 1. The zero-order chi connectivity index (χ0) is 14.8. The van der Waals surface area contributed by atoms with E-state index in [4.69, 9.17) is 11.6 Å². The van der Waals surface area contributed by atoms with Gasteiger partial charge in [0, 0.05) is 16.6 Å². The van der Waals surface area contributed by atoms with Gasteiger partial charge in [-0.1, -0.05) is 47.5 Å². The van der Waals surface area contributed by atoms with Gasteiger partial charge in [-0.15, -0.1) is 0 Å². The molecule has 0 saturated carbocycles. The van der Waals surface area contributed by atoms with E-state index in [1.807, 2.05) is 18.2 Å². The molecule has 0 radical (unpaired) electrons. The molecule has 2 N–H and O–H groups in total. The summed E-state index contributed by atoms with van der Waals surface area (Å²) in [7, 11) is 0. The standard InChI is InChI=1S/C17H15ClN2O/c1-11-3-2-4-12(7-11)9-19-10-15-14-6-5-13(18)8-16(14)20-17(15)21/h2-8,10,20-21H,9H2,1H3. The Morgan fingerprint density at radius 3 is 2.90 bits per heavy atom. The van der Waals surface area contributed by atoms with E-state index in [-0.39, 0.29) is 5.88 Å². The quantitative estimate of drug-likeness (QED) is 0.689. The highest BCUT2D eigenvalue weighted by molar-refractivity contribution is 6.31. The number of aromatic amines is 1. The Balaban J connectivity index is 1.87. The van der Waals surface area contributed by atoms with E-state index in [0.29, 0.717) is 17.1 Å². The normalized spacial score (nSPS) is 11.5. The minimum atomic E-state index is 0.111. The third-order valence-electron chi connectivity index (χ3n) is 3.36. The number of aromatic nitrogens is 1. The molecule has 0 atom stereocenters. The van der Waals surface area contributed by atoms with E-state index in [2.05, 4.69) is 29.0 Å². The van der Waals surface area contributed by atoms with Gasteiger partial charge in [-0.3, -0.25) is 4.99 Å². The first-order valence-corrected chi connectivity index (χ1v) is 7.07. The van der Waals surface area contributed by atoms with Crippen molar-refractivity contribution in [1.82, 2.24) is 4.98 Å². The van der Waals surface area contributed by atoms with Crippen LogP contribution in [-0.4, -0.2) is 16.3 Å². The number of H-pyrrole nitrogens is 1. The number of aromatic hydroxyl groups is 1. The summed E-state index contributed by atoms with van der Waals surface area (Å²) in [5, 5.41) is 11.5. The van der Waals surface area contributed by atoms with E-state index >= 15 is 0 Å². The van der Waals surface area contributed by atoms with Gasteiger partial charge in [0.05, 0.1) is 17.6 Å². The Labute approximate surface area is 127 Å². The maximum absolute atomic E-state index is 9.98. The molecule has 4 heteroatoms. The summed E-state index contributed by atoms with van der Waals surface area (Å²) in [6.07, 6.45) is 1.70. The number of hydrogen-bond donors (Lipinski definition) is 2. The summed E-state index contributed by atoms with van der Waals surface area (Å²) in [5.41, 5.74) is 3.85. The van der Waals surface area contributed by atoms with Crippen LogP contribution in [0.2, 0.25) is 5.02 Å². The predicted octanol–water partition coefficient (Wildman–Crippen LogP) is 4.45. The predicted molar refractivity (Wildman–Crippen MR) is 87.5 cm³/mol. The highest BCUT2D eigenvalue weighted by Crippen LogP contribution is 2.27. The Hall–Kier alpha value is -2.26. The number of rotatable bonds is 3. The maximum atomic E-state index is 9.98. The van der Waals surface area contributed by atoms with Crippen LogP contribution in [0.1, 0.15) is 16.7 Å². The molecule has 0 aliphatic heterocycles. The lowest BCUT2D eigenvalue weighted by Crippen LogP contribution is -1.85. The van der Waals surface area contributed by atoms with Crippen molar-refractivity contribution < 1.29 is 5.11 Å². The van der Waals surface area contributed by atoms with Gasteiger partial charge in [0.2, 0.25) is 0 Å². The van der Waals surface area contributed by atoms with Crippen LogP contribution in [0.15, 0.2) is 47.5 Å². The third kappa shape index (κ3) is 2.93. The van der Waals surface area contributed by atoms with E-state index in [1.165, 1.54) is 5.56 Å². The monoisotopic (exact) mass is 298 g/mol. The fraction of sp³-hybridized carbons (Fsp3) is 0.118. The van der Waals surface area contributed by atoms with E-state index in [1.54, 1.807) is 18.3 Å². The van der Waals surface area contributed by atoms with Gasteiger partial charge in [-0.05, 0) is 24.6 Å². The second-order valence-corrected chi connectivity index (χ2v) is 5.47. The van der Waals surface area contributed by atoms with Gasteiger partial charge >= 0.3 is 0 Å². The molecule has 1 aromatic heterocycles. The number of nitrogens with zero attached hydrogens (tertiary/aromatic N) is 1. The molecule has 3 nitrogen and oxygen atoms in total. The topological polar surface area (TPSA) is 48.4 Å². The average Bonchev–Trinajstić information content (AvgIpc) is 2.74. The van der Waals surface area contributed by atoms with Crippen molar-refractivity contribution in [3.05, 3.63) is 64.2 Å². The van der Waals surface area contributed by atoms with Crippen LogP contribution in [-0.2, 0) is 6.54 Å². The number of hydrogen-bond acceptors (Lipinski definition) is 2. The second kappa shape index (κ2) is 5.62. The molecule has 3 rings (SSSR count). The minimum Gasteiger partial charge on any atom is -0.494 e. The smallest absolute Gasteiger partial charge is 0.198 e. The van der Waals surface area contributed by atoms with Crippen LogP contribution in [0.25, 0.3) is 10.9 Å². The summed E-state index contributed by atoms with van der Waals surface area (Å²) in [6.45, 7) is 2.64. The highest BCUT2D eigenvalue weighted by atomic mass is 35.5. The van der Waals surface area contributed by atoms with Crippen molar-refractivity contribution in [2.75, 3.05) is 0 Å². The molecule has 0 aliphatic rings. The molecule has 0 fully saturated rings. The largest absolute Gasteiger partial charge is 0.494 e. The Kier molecular flexibility index (Phi) is 3.67. The van der Waals surface area contributed by atoms with Gasteiger partial charge in [0.15, 0.2) is 5.88 Å². The lowest BCUT2D eigenvalue weighted by molar-refractivity contribution is 0.457. The van der Waals surface area contributed by atoms with E-state index in [9.17, 15) is 5.11 Å². The first kappa shape index (κ1) is 13.7. The molecule has 106 valence electrons. The molecule has 21 heavy (non-hydrogen) atoms.